The van der Waals surface area contributed by atoms with Gasteiger partial charge in [-0.15, -0.1) is 0 Å². The molecule has 2 aromatic heterocycles. The molecule has 0 bridgehead atoms. The average Bonchev–Trinajstić information content (AvgIpc) is 3.36. The Labute approximate surface area is 229 Å². The van der Waals surface area contributed by atoms with Crippen molar-refractivity contribution in [1.82, 2.24) is 19.1 Å². The molecule has 9 nitrogen and oxygen atoms in total. The zero-order valence-corrected chi connectivity index (χ0v) is 22.4. The van der Waals surface area contributed by atoms with E-state index in [0.717, 1.165) is 50.4 Å². The number of halogens is 2. The van der Waals surface area contributed by atoms with Crippen LogP contribution in [0.2, 0.25) is 0 Å². The third-order valence-electron chi connectivity index (χ3n) is 6.84. The number of aromatic nitrogens is 4. The summed E-state index contributed by atoms with van der Waals surface area (Å²) in [6.07, 6.45) is 0.765. The molecule has 1 aliphatic rings. The number of aryl methyl sites for hydroxylation is 3. The zero-order valence-electron chi connectivity index (χ0n) is 22.4. The lowest BCUT2D eigenvalue weighted by atomic mass is 10.1. The first kappa shape index (κ1) is 27.0. The summed E-state index contributed by atoms with van der Waals surface area (Å²) < 4.78 is 37.6. The molecule has 0 atom stereocenters. The maximum atomic E-state index is 13.7. The number of anilines is 1. The minimum atomic E-state index is -2.94. The fourth-order valence-electron chi connectivity index (χ4n) is 4.91. The number of benzene rings is 2. The van der Waals surface area contributed by atoms with E-state index in [4.69, 9.17) is 4.74 Å². The average molecular weight is 550 g/mol. The summed E-state index contributed by atoms with van der Waals surface area (Å²) in [5.74, 6) is 0.911. The van der Waals surface area contributed by atoms with Crippen molar-refractivity contribution in [3.63, 3.8) is 0 Å². The van der Waals surface area contributed by atoms with E-state index < -0.39 is 18.0 Å². The van der Waals surface area contributed by atoms with Gasteiger partial charge in [0, 0.05) is 24.4 Å². The summed E-state index contributed by atoms with van der Waals surface area (Å²) in [5.41, 5.74) is 4.90. The first-order chi connectivity index (χ1) is 19.2. The van der Waals surface area contributed by atoms with Crippen LogP contribution in [-0.2, 0) is 26.1 Å². The van der Waals surface area contributed by atoms with Crippen LogP contribution in [0.4, 0.5) is 14.7 Å². The molecular formula is C29H29F2N5O4. The van der Waals surface area contributed by atoms with Crippen LogP contribution in [0.5, 0.6) is 11.5 Å². The molecule has 0 saturated heterocycles. The molecule has 0 spiro atoms. The number of hydrogen-bond acceptors (Lipinski definition) is 7. The van der Waals surface area contributed by atoms with Crippen LogP contribution in [-0.4, -0.2) is 32.3 Å². The molecule has 0 fully saturated rings. The molecule has 208 valence electrons. The van der Waals surface area contributed by atoms with Crippen LogP contribution in [0.15, 0.2) is 58.1 Å². The van der Waals surface area contributed by atoms with Gasteiger partial charge in [0.05, 0.1) is 19.7 Å². The fourth-order valence-corrected chi connectivity index (χ4v) is 4.91. The van der Waals surface area contributed by atoms with E-state index in [1.54, 1.807) is 12.1 Å². The SMILES string of the molecule is Cc1cc(C)c(CNc2nc(=O)n(Cc3ccc4c(c3)CCO4)c(=O)n2Cc2ccc(OC(F)F)cc2)c(C)n1. The summed E-state index contributed by atoms with van der Waals surface area (Å²) in [4.78, 5) is 35.6. The molecule has 11 heteroatoms. The highest BCUT2D eigenvalue weighted by molar-refractivity contribution is 5.40. The van der Waals surface area contributed by atoms with Crippen LogP contribution >= 0.6 is 0 Å². The lowest BCUT2D eigenvalue weighted by Crippen LogP contribution is -2.43. The van der Waals surface area contributed by atoms with Gasteiger partial charge in [0.2, 0.25) is 5.95 Å². The van der Waals surface area contributed by atoms with E-state index in [2.05, 4.69) is 20.0 Å². The molecule has 1 aliphatic heterocycles. The number of rotatable bonds is 9. The predicted molar refractivity (Wildman–Crippen MR) is 145 cm³/mol. The monoisotopic (exact) mass is 549 g/mol. The van der Waals surface area contributed by atoms with Gasteiger partial charge in [0.1, 0.15) is 11.5 Å². The first-order valence-electron chi connectivity index (χ1n) is 12.9. The molecule has 0 saturated carbocycles. The van der Waals surface area contributed by atoms with Crippen molar-refractivity contribution in [2.24, 2.45) is 0 Å². The van der Waals surface area contributed by atoms with Crippen LogP contribution in [0, 0.1) is 20.8 Å². The second kappa shape index (κ2) is 11.3. The Morgan fingerprint density at radius 2 is 1.70 bits per heavy atom. The largest absolute Gasteiger partial charge is 0.493 e. The number of pyridine rings is 1. The van der Waals surface area contributed by atoms with Gasteiger partial charge < -0.3 is 14.8 Å². The summed E-state index contributed by atoms with van der Waals surface area (Å²) in [6, 6.07) is 13.5. The summed E-state index contributed by atoms with van der Waals surface area (Å²) in [6.45, 7) is 3.84. The van der Waals surface area contributed by atoms with Crippen molar-refractivity contribution in [1.29, 1.82) is 0 Å². The summed E-state index contributed by atoms with van der Waals surface area (Å²) in [5, 5.41) is 3.15. The molecule has 5 rings (SSSR count). The van der Waals surface area contributed by atoms with Gasteiger partial charge in [-0.2, -0.15) is 13.8 Å². The quantitative estimate of drug-likeness (QED) is 0.337. The van der Waals surface area contributed by atoms with Crippen molar-refractivity contribution in [2.45, 2.75) is 53.4 Å². The number of alkyl halides is 2. The van der Waals surface area contributed by atoms with E-state index in [0.29, 0.717) is 18.7 Å². The minimum absolute atomic E-state index is 0.00551. The maximum Gasteiger partial charge on any atom is 0.387 e. The molecule has 1 N–H and O–H groups in total. The third kappa shape index (κ3) is 5.88. The van der Waals surface area contributed by atoms with Gasteiger partial charge in [-0.25, -0.2) is 14.2 Å². The highest BCUT2D eigenvalue weighted by atomic mass is 19.3. The molecule has 0 aliphatic carbocycles. The third-order valence-corrected chi connectivity index (χ3v) is 6.84. The number of nitrogens with one attached hydrogen (secondary N) is 1. The van der Waals surface area contributed by atoms with E-state index in [1.807, 2.05) is 45.0 Å². The molecule has 0 amide bonds. The van der Waals surface area contributed by atoms with Crippen LogP contribution in [0.25, 0.3) is 0 Å². The number of hydrogen-bond donors (Lipinski definition) is 1. The van der Waals surface area contributed by atoms with E-state index in [-0.39, 0.29) is 24.8 Å². The molecule has 0 radical (unpaired) electrons. The summed E-state index contributed by atoms with van der Waals surface area (Å²) in [7, 11) is 0. The Morgan fingerprint density at radius 3 is 2.42 bits per heavy atom. The topological polar surface area (TPSA) is 100 Å². The molecule has 0 unspecified atom stereocenters. The van der Waals surface area contributed by atoms with Gasteiger partial charge in [-0.3, -0.25) is 9.55 Å². The Hall–Kier alpha value is -4.54. The number of ether oxygens (including phenoxy) is 2. The Bertz CT molecular complexity index is 1640. The second-order valence-electron chi connectivity index (χ2n) is 9.73. The van der Waals surface area contributed by atoms with Crippen LogP contribution in [0.1, 0.15) is 39.2 Å². The predicted octanol–water partition coefficient (Wildman–Crippen LogP) is 3.97. The van der Waals surface area contributed by atoms with E-state index in [1.165, 1.54) is 16.7 Å². The van der Waals surface area contributed by atoms with Gasteiger partial charge >= 0.3 is 18.0 Å². The van der Waals surface area contributed by atoms with E-state index >= 15 is 0 Å². The Kier molecular flexibility index (Phi) is 7.63. The molecule has 40 heavy (non-hydrogen) atoms. The fraction of sp³-hybridized carbons (Fsp3) is 0.310. The van der Waals surface area contributed by atoms with Crippen molar-refractivity contribution >= 4 is 5.95 Å². The highest BCUT2D eigenvalue weighted by Crippen LogP contribution is 2.26. The van der Waals surface area contributed by atoms with Crippen LogP contribution in [0.3, 0.4) is 0 Å². The van der Waals surface area contributed by atoms with Crippen molar-refractivity contribution in [3.05, 3.63) is 109 Å². The standard InChI is InChI=1S/C29H29F2N5O4/c1-17-12-18(2)33-19(3)24(17)14-32-27-34-28(37)36(16-21-6-9-25-22(13-21)10-11-39-25)29(38)35(27)15-20-4-7-23(8-5-20)40-26(30)31/h4-9,12-13,26H,10-11,14-16H2,1-3H3,(H,32,34,37). The van der Waals surface area contributed by atoms with E-state index in [9.17, 15) is 18.4 Å². The lowest BCUT2D eigenvalue weighted by molar-refractivity contribution is -0.0498. The molecule has 4 aromatic rings. The van der Waals surface area contributed by atoms with Gasteiger partial charge in [-0.1, -0.05) is 24.3 Å². The van der Waals surface area contributed by atoms with Gasteiger partial charge in [0.25, 0.3) is 0 Å². The van der Waals surface area contributed by atoms with Crippen LogP contribution < -0.4 is 26.2 Å². The number of nitrogens with zero attached hydrogens (tertiary/aromatic N) is 4. The van der Waals surface area contributed by atoms with Gasteiger partial charge in [0.15, 0.2) is 0 Å². The highest BCUT2D eigenvalue weighted by Gasteiger charge is 2.17. The van der Waals surface area contributed by atoms with Crippen molar-refractivity contribution in [3.8, 4) is 11.5 Å². The Morgan fingerprint density at radius 1 is 0.975 bits per heavy atom. The summed E-state index contributed by atoms with van der Waals surface area (Å²) >= 11 is 0. The molecular weight excluding hydrogens is 520 g/mol. The second-order valence-corrected chi connectivity index (χ2v) is 9.73. The zero-order chi connectivity index (χ0) is 28.4. The Balaban J connectivity index is 1.50. The lowest BCUT2D eigenvalue weighted by Gasteiger charge is -2.17. The van der Waals surface area contributed by atoms with Gasteiger partial charge in [-0.05, 0) is 72.9 Å². The first-order valence-corrected chi connectivity index (χ1v) is 12.9. The number of fused-ring (bicyclic) bond motifs is 1. The maximum absolute atomic E-state index is 13.7. The smallest absolute Gasteiger partial charge is 0.387 e. The minimum Gasteiger partial charge on any atom is -0.493 e. The molecule has 2 aromatic carbocycles. The van der Waals surface area contributed by atoms with Crippen molar-refractivity contribution < 1.29 is 18.3 Å². The van der Waals surface area contributed by atoms with Crippen molar-refractivity contribution in [2.75, 3.05) is 11.9 Å². The normalized spacial score (nSPS) is 12.3. The molecule has 3 heterocycles.